The molecule has 0 aliphatic heterocycles. The number of fused-ring (bicyclic) bond motifs is 1. The number of hydrogen-bond acceptors (Lipinski definition) is 2. The summed E-state index contributed by atoms with van der Waals surface area (Å²) in [4.78, 5) is 15.8. The van der Waals surface area contributed by atoms with Crippen LogP contribution in [0.15, 0.2) is 42.6 Å². The van der Waals surface area contributed by atoms with Crippen LogP contribution in [0.4, 0.5) is 0 Å². The highest BCUT2D eigenvalue weighted by molar-refractivity contribution is 7.16. The van der Waals surface area contributed by atoms with E-state index in [2.05, 4.69) is 0 Å². The van der Waals surface area contributed by atoms with Gasteiger partial charge in [-0.1, -0.05) is 29.8 Å². The van der Waals surface area contributed by atoms with E-state index in [1.54, 1.807) is 0 Å². The number of benzene rings is 1. The molecule has 3 rings (SSSR count). The van der Waals surface area contributed by atoms with Crippen LogP contribution in [0.1, 0.15) is 22.2 Å². The van der Waals surface area contributed by atoms with Gasteiger partial charge in [-0.05, 0) is 25.1 Å². The lowest BCUT2D eigenvalue weighted by molar-refractivity contribution is 0.0756. The molecule has 0 aliphatic rings. The van der Waals surface area contributed by atoms with Gasteiger partial charge in [-0.3, -0.25) is 4.79 Å². The predicted molar refractivity (Wildman–Crippen MR) is 92.7 cm³/mol. The summed E-state index contributed by atoms with van der Waals surface area (Å²) >= 11 is 7.50. The lowest BCUT2D eigenvalue weighted by Gasteiger charge is -2.19. The Morgan fingerprint density at radius 3 is 2.73 bits per heavy atom. The summed E-state index contributed by atoms with van der Waals surface area (Å²) in [7, 11) is 1.97. The minimum Gasteiger partial charge on any atom is -0.350 e. The normalized spacial score (nSPS) is 11.0. The minimum absolute atomic E-state index is 0.0591. The summed E-state index contributed by atoms with van der Waals surface area (Å²) in [6.07, 6.45) is 1.91. The van der Waals surface area contributed by atoms with Gasteiger partial charge in [0.15, 0.2) is 0 Å². The number of thiophene rings is 1. The number of carbonyl (C=O) groups is 1. The van der Waals surface area contributed by atoms with Crippen molar-refractivity contribution in [2.24, 2.45) is 7.05 Å². The molecule has 0 aliphatic carbocycles. The summed E-state index contributed by atoms with van der Waals surface area (Å²) in [6, 6.07) is 11.8. The Bertz CT molecular complexity index is 821. The van der Waals surface area contributed by atoms with E-state index in [1.165, 1.54) is 11.3 Å². The maximum Gasteiger partial charge on any atom is 0.256 e. The number of rotatable bonds is 4. The molecule has 1 aromatic carbocycles. The van der Waals surface area contributed by atoms with Crippen LogP contribution in [0.3, 0.4) is 0 Å². The first-order chi connectivity index (χ1) is 10.6. The first-order valence-corrected chi connectivity index (χ1v) is 8.37. The van der Waals surface area contributed by atoms with E-state index in [0.29, 0.717) is 13.1 Å². The first kappa shape index (κ1) is 15.1. The molecule has 22 heavy (non-hydrogen) atoms. The number of hydrogen-bond donors (Lipinski definition) is 0. The third kappa shape index (κ3) is 2.76. The van der Waals surface area contributed by atoms with Gasteiger partial charge in [-0.2, -0.15) is 0 Å². The monoisotopic (exact) mass is 332 g/mol. The Hall–Kier alpha value is -1.78. The largest absolute Gasteiger partial charge is 0.350 e. The van der Waals surface area contributed by atoms with E-state index in [0.717, 1.165) is 25.7 Å². The molecule has 2 heterocycles. The highest BCUT2D eigenvalue weighted by atomic mass is 35.5. The molecule has 114 valence electrons. The number of halogens is 1. The molecule has 0 unspecified atom stereocenters. The smallest absolute Gasteiger partial charge is 0.256 e. The molecule has 1 amide bonds. The average molecular weight is 333 g/mol. The zero-order chi connectivity index (χ0) is 15.7. The van der Waals surface area contributed by atoms with Crippen LogP contribution < -0.4 is 0 Å². The second-order valence-corrected chi connectivity index (χ2v) is 7.00. The van der Waals surface area contributed by atoms with Crippen molar-refractivity contribution in [3.05, 3.63) is 57.4 Å². The molecule has 0 saturated carbocycles. The van der Waals surface area contributed by atoms with Gasteiger partial charge < -0.3 is 9.47 Å². The van der Waals surface area contributed by atoms with Crippen LogP contribution in [-0.2, 0) is 13.6 Å². The Kier molecular flexibility index (Phi) is 4.23. The third-order valence-corrected chi connectivity index (χ3v) is 4.99. The summed E-state index contributed by atoms with van der Waals surface area (Å²) in [5, 5.41) is 0.998. The quantitative estimate of drug-likeness (QED) is 0.687. The molecule has 0 N–H and O–H groups in total. The van der Waals surface area contributed by atoms with Crippen LogP contribution in [0, 0.1) is 0 Å². The van der Waals surface area contributed by atoms with Gasteiger partial charge >= 0.3 is 0 Å². The molecule has 0 spiro atoms. The number of carbonyl (C=O) groups excluding carboxylic acids is 1. The summed E-state index contributed by atoms with van der Waals surface area (Å²) < 4.78 is 2.75. The molecule has 2 aromatic heterocycles. The first-order valence-electron chi connectivity index (χ1n) is 7.17. The Morgan fingerprint density at radius 2 is 2.05 bits per heavy atom. The number of aromatic nitrogens is 1. The fourth-order valence-electron chi connectivity index (χ4n) is 2.63. The van der Waals surface area contributed by atoms with E-state index in [1.807, 2.05) is 66.0 Å². The van der Waals surface area contributed by atoms with Crippen molar-refractivity contribution >= 4 is 39.7 Å². The van der Waals surface area contributed by atoms with Crippen molar-refractivity contribution in [3.8, 4) is 0 Å². The van der Waals surface area contributed by atoms with Crippen molar-refractivity contribution in [1.82, 2.24) is 9.47 Å². The molecule has 3 nitrogen and oxygen atoms in total. The molecule has 0 atom stereocenters. The topological polar surface area (TPSA) is 25.2 Å². The summed E-state index contributed by atoms with van der Waals surface area (Å²) in [5.41, 5.74) is 1.82. The van der Waals surface area contributed by atoms with Crippen LogP contribution in [0.2, 0.25) is 4.34 Å². The molecule has 0 bridgehead atoms. The Labute approximate surface area is 138 Å². The summed E-state index contributed by atoms with van der Waals surface area (Å²) in [6.45, 7) is 3.26. The molecule has 0 radical (unpaired) electrons. The highest BCUT2D eigenvalue weighted by Crippen LogP contribution is 2.25. The molecule has 3 aromatic rings. The van der Waals surface area contributed by atoms with E-state index in [-0.39, 0.29) is 5.91 Å². The Balaban J connectivity index is 1.93. The van der Waals surface area contributed by atoms with Crippen LogP contribution in [0.25, 0.3) is 10.9 Å². The minimum atomic E-state index is 0.0591. The third-order valence-electron chi connectivity index (χ3n) is 3.77. The SMILES string of the molecule is CCN(Cc1ccc(Cl)s1)C(=O)c1cn(C)c2ccccc12. The van der Waals surface area contributed by atoms with E-state index in [4.69, 9.17) is 11.6 Å². The molecular weight excluding hydrogens is 316 g/mol. The van der Waals surface area contributed by atoms with Gasteiger partial charge in [0.25, 0.3) is 5.91 Å². The molecule has 0 saturated heterocycles. The maximum absolute atomic E-state index is 12.9. The van der Waals surface area contributed by atoms with Crippen molar-refractivity contribution in [3.63, 3.8) is 0 Å². The van der Waals surface area contributed by atoms with Crippen molar-refractivity contribution in [1.29, 1.82) is 0 Å². The zero-order valence-electron chi connectivity index (χ0n) is 12.5. The average Bonchev–Trinajstić information content (AvgIpc) is 3.08. The summed E-state index contributed by atoms with van der Waals surface area (Å²) in [5.74, 6) is 0.0591. The van der Waals surface area contributed by atoms with Crippen molar-refractivity contribution in [2.75, 3.05) is 6.54 Å². The van der Waals surface area contributed by atoms with Crippen LogP contribution >= 0.6 is 22.9 Å². The fraction of sp³-hybridized carbons (Fsp3) is 0.235. The van der Waals surface area contributed by atoms with E-state index in [9.17, 15) is 4.79 Å². The van der Waals surface area contributed by atoms with Gasteiger partial charge in [-0.25, -0.2) is 0 Å². The fourth-order valence-corrected chi connectivity index (χ4v) is 3.74. The molecule has 0 fully saturated rings. The van der Waals surface area contributed by atoms with E-state index >= 15 is 0 Å². The van der Waals surface area contributed by atoms with Crippen molar-refractivity contribution < 1.29 is 4.79 Å². The molecular formula is C17H17ClN2OS. The number of aryl methyl sites for hydroxylation is 1. The predicted octanol–water partition coefficient (Wildman–Crippen LogP) is 4.56. The van der Waals surface area contributed by atoms with Gasteiger partial charge in [0.1, 0.15) is 0 Å². The number of nitrogens with zero attached hydrogens (tertiary/aromatic N) is 2. The number of amides is 1. The van der Waals surface area contributed by atoms with Gasteiger partial charge in [0.2, 0.25) is 0 Å². The molecule has 5 heteroatoms. The van der Waals surface area contributed by atoms with Gasteiger partial charge in [0, 0.05) is 35.6 Å². The second-order valence-electron chi connectivity index (χ2n) is 5.20. The van der Waals surface area contributed by atoms with Crippen molar-refractivity contribution in [2.45, 2.75) is 13.5 Å². The second kappa shape index (κ2) is 6.15. The lowest BCUT2D eigenvalue weighted by Crippen LogP contribution is -2.29. The Morgan fingerprint density at radius 1 is 1.27 bits per heavy atom. The zero-order valence-corrected chi connectivity index (χ0v) is 14.1. The maximum atomic E-state index is 12.9. The van der Waals surface area contributed by atoms with Crippen LogP contribution in [-0.4, -0.2) is 21.9 Å². The van der Waals surface area contributed by atoms with Gasteiger partial charge in [-0.15, -0.1) is 11.3 Å². The lowest BCUT2D eigenvalue weighted by atomic mass is 10.1. The van der Waals surface area contributed by atoms with Gasteiger partial charge in [0.05, 0.1) is 16.4 Å². The number of para-hydroxylation sites is 1. The van der Waals surface area contributed by atoms with E-state index < -0.39 is 0 Å². The van der Waals surface area contributed by atoms with Crippen LogP contribution in [0.5, 0.6) is 0 Å². The standard InChI is InChI=1S/C17H17ClN2OS/c1-3-20(10-12-8-9-16(18)22-12)17(21)14-11-19(2)15-7-5-4-6-13(14)15/h4-9,11H,3,10H2,1-2H3. The highest BCUT2D eigenvalue weighted by Gasteiger charge is 2.19.